The van der Waals surface area contributed by atoms with Crippen LogP contribution in [-0.2, 0) is 28.7 Å². The van der Waals surface area contributed by atoms with Crippen LogP contribution in [0.2, 0.25) is 0 Å². The highest BCUT2D eigenvalue weighted by Gasteiger charge is 2.50. The molecule has 0 aliphatic carbocycles. The van der Waals surface area contributed by atoms with Crippen LogP contribution in [0.4, 0.5) is 0 Å². The van der Waals surface area contributed by atoms with E-state index in [1.807, 2.05) is 0 Å². The van der Waals surface area contributed by atoms with Crippen molar-refractivity contribution in [3.8, 4) is 0 Å². The molecule has 6 heteroatoms. The van der Waals surface area contributed by atoms with Gasteiger partial charge in [0.15, 0.2) is 11.6 Å². The summed E-state index contributed by atoms with van der Waals surface area (Å²) in [5.74, 6) is -5.91. The molecule has 0 aromatic carbocycles. The monoisotopic (exact) mass is 314 g/mol. The fraction of sp³-hybridized carbons (Fsp3) is 0.750. The van der Waals surface area contributed by atoms with Gasteiger partial charge in [0.25, 0.3) is 0 Å². The number of Topliss-reactive ketones (excluding diaryl/α,β-unsaturated/α-hetero) is 2. The molecule has 0 radical (unpaired) electrons. The highest BCUT2D eigenvalue weighted by Crippen LogP contribution is 2.32. The first-order chi connectivity index (χ1) is 9.78. The molecular weight excluding hydrogens is 288 g/mol. The van der Waals surface area contributed by atoms with Gasteiger partial charge in [-0.25, -0.2) is 0 Å². The summed E-state index contributed by atoms with van der Waals surface area (Å²) in [5.41, 5.74) is -1.83. The first-order valence-corrected chi connectivity index (χ1v) is 7.03. The molecule has 6 nitrogen and oxygen atoms in total. The number of carbonyl (C=O) groups excluding carboxylic acids is 4. The first kappa shape index (κ1) is 20.3. The molecule has 0 aliphatic heterocycles. The lowest BCUT2D eigenvalue weighted by atomic mass is 9.71. The minimum atomic E-state index is -1.51. The molecule has 0 heterocycles. The van der Waals surface area contributed by atoms with Crippen LogP contribution in [0.1, 0.15) is 41.5 Å². The van der Waals surface area contributed by atoms with Crippen LogP contribution in [0, 0.1) is 22.7 Å². The average molecular weight is 314 g/mol. The van der Waals surface area contributed by atoms with Crippen molar-refractivity contribution < 1.29 is 28.7 Å². The topological polar surface area (TPSA) is 86.7 Å². The van der Waals surface area contributed by atoms with Crippen LogP contribution < -0.4 is 0 Å². The van der Waals surface area contributed by atoms with Crippen molar-refractivity contribution in [2.45, 2.75) is 41.5 Å². The van der Waals surface area contributed by atoms with Gasteiger partial charge in [0.1, 0.15) is 11.8 Å². The molecule has 22 heavy (non-hydrogen) atoms. The van der Waals surface area contributed by atoms with E-state index in [-0.39, 0.29) is 0 Å². The third-order valence-corrected chi connectivity index (χ3v) is 3.29. The molecule has 0 aromatic rings. The predicted octanol–water partition coefficient (Wildman–Crippen LogP) is 1.80. The summed E-state index contributed by atoms with van der Waals surface area (Å²) in [7, 11) is 2.22. The minimum absolute atomic E-state index is 0.535. The van der Waals surface area contributed by atoms with Crippen LogP contribution in [-0.4, -0.2) is 37.7 Å². The summed E-state index contributed by atoms with van der Waals surface area (Å²) in [5, 5.41) is 0. The minimum Gasteiger partial charge on any atom is -0.468 e. The molecular formula is C16H26O6. The molecule has 0 fully saturated rings. The molecule has 0 saturated carbocycles. The van der Waals surface area contributed by atoms with Crippen molar-refractivity contribution in [2.75, 3.05) is 14.2 Å². The van der Waals surface area contributed by atoms with Gasteiger partial charge in [-0.1, -0.05) is 41.5 Å². The standard InChI is InChI=1S/C16H26O6/c1-15(2,3)11(17)9(13(19)21-7)10(14(20)22-8)12(18)16(4,5)6/h9-10H,1-8H3. The Kier molecular flexibility index (Phi) is 6.48. The van der Waals surface area contributed by atoms with Gasteiger partial charge in [0, 0.05) is 10.8 Å². The molecule has 0 aliphatic rings. The maximum atomic E-state index is 12.6. The summed E-state index contributed by atoms with van der Waals surface area (Å²) < 4.78 is 9.29. The molecule has 0 amide bonds. The molecule has 0 spiro atoms. The van der Waals surface area contributed by atoms with Gasteiger partial charge in [0.2, 0.25) is 0 Å². The Hall–Kier alpha value is -1.72. The number of methoxy groups -OCH3 is 2. The zero-order valence-corrected chi connectivity index (χ0v) is 14.6. The van der Waals surface area contributed by atoms with Crippen molar-refractivity contribution in [3.05, 3.63) is 0 Å². The number of carbonyl (C=O) groups is 4. The highest BCUT2D eigenvalue weighted by atomic mass is 16.5. The van der Waals surface area contributed by atoms with Crippen molar-refractivity contribution in [1.29, 1.82) is 0 Å². The van der Waals surface area contributed by atoms with Gasteiger partial charge >= 0.3 is 11.9 Å². The van der Waals surface area contributed by atoms with Crippen molar-refractivity contribution in [2.24, 2.45) is 22.7 Å². The second-order valence-corrected chi connectivity index (χ2v) is 7.23. The normalized spacial score (nSPS) is 14.7. The van der Waals surface area contributed by atoms with Crippen LogP contribution in [0.5, 0.6) is 0 Å². The third-order valence-electron chi connectivity index (χ3n) is 3.29. The molecule has 126 valence electrons. The van der Waals surface area contributed by atoms with Gasteiger partial charge in [-0.05, 0) is 0 Å². The largest absolute Gasteiger partial charge is 0.468 e. The molecule has 2 unspecified atom stereocenters. The van der Waals surface area contributed by atoms with Gasteiger partial charge in [-0.3, -0.25) is 19.2 Å². The first-order valence-electron chi connectivity index (χ1n) is 7.03. The Morgan fingerprint density at radius 3 is 1.00 bits per heavy atom. The van der Waals surface area contributed by atoms with E-state index in [2.05, 4.69) is 9.47 Å². The maximum Gasteiger partial charge on any atom is 0.317 e. The van der Waals surface area contributed by atoms with E-state index in [1.165, 1.54) is 0 Å². The molecule has 0 aromatic heterocycles. The summed E-state index contributed by atoms with van der Waals surface area (Å²) in [4.78, 5) is 49.4. The summed E-state index contributed by atoms with van der Waals surface area (Å²) in [6.07, 6.45) is 0. The molecule has 0 saturated heterocycles. The molecule has 0 N–H and O–H groups in total. The second-order valence-electron chi connectivity index (χ2n) is 7.23. The number of ketones is 2. The Morgan fingerprint density at radius 2 is 0.864 bits per heavy atom. The van der Waals surface area contributed by atoms with Crippen LogP contribution in [0.3, 0.4) is 0 Å². The summed E-state index contributed by atoms with van der Waals surface area (Å²) in [6, 6.07) is 0. The van der Waals surface area contributed by atoms with Gasteiger partial charge in [-0.2, -0.15) is 0 Å². The van der Waals surface area contributed by atoms with E-state index in [1.54, 1.807) is 41.5 Å². The Morgan fingerprint density at radius 1 is 0.636 bits per heavy atom. The zero-order valence-electron chi connectivity index (χ0n) is 14.6. The lowest BCUT2D eigenvalue weighted by Crippen LogP contribution is -2.48. The lowest BCUT2D eigenvalue weighted by Gasteiger charge is -2.30. The van der Waals surface area contributed by atoms with Crippen molar-refractivity contribution in [1.82, 2.24) is 0 Å². The summed E-state index contributed by atoms with van der Waals surface area (Å²) in [6.45, 7) is 9.67. The van der Waals surface area contributed by atoms with Crippen LogP contribution in [0.25, 0.3) is 0 Å². The Balaban J connectivity index is 6.09. The van der Waals surface area contributed by atoms with Gasteiger partial charge < -0.3 is 9.47 Å². The Labute approximate surface area is 131 Å². The number of hydrogen-bond donors (Lipinski definition) is 0. The molecule has 2 atom stereocenters. The number of hydrogen-bond acceptors (Lipinski definition) is 6. The van der Waals surface area contributed by atoms with Crippen molar-refractivity contribution in [3.63, 3.8) is 0 Å². The highest BCUT2D eigenvalue weighted by molar-refractivity contribution is 6.13. The van der Waals surface area contributed by atoms with E-state index in [4.69, 9.17) is 0 Å². The van der Waals surface area contributed by atoms with E-state index in [0.29, 0.717) is 0 Å². The fourth-order valence-electron chi connectivity index (χ4n) is 1.98. The SMILES string of the molecule is COC(=O)C(C(=O)C(C)(C)C)C(C(=O)OC)C(=O)C(C)(C)C. The Bertz CT molecular complexity index is 420. The number of rotatable bonds is 5. The van der Waals surface area contributed by atoms with E-state index in [9.17, 15) is 19.2 Å². The average Bonchev–Trinajstić information content (AvgIpc) is 2.39. The van der Waals surface area contributed by atoms with Crippen molar-refractivity contribution >= 4 is 23.5 Å². The second kappa shape index (κ2) is 7.03. The number of esters is 2. The number of ether oxygens (including phenoxy) is 2. The quantitative estimate of drug-likeness (QED) is 0.568. The lowest BCUT2D eigenvalue weighted by molar-refractivity contribution is -0.167. The fourth-order valence-corrected chi connectivity index (χ4v) is 1.98. The predicted molar refractivity (Wildman–Crippen MR) is 79.9 cm³/mol. The van der Waals surface area contributed by atoms with Gasteiger partial charge in [-0.15, -0.1) is 0 Å². The smallest absolute Gasteiger partial charge is 0.317 e. The van der Waals surface area contributed by atoms with E-state index in [0.717, 1.165) is 14.2 Å². The van der Waals surface area contributed by atoms with Crippen LogP contribution >= 0.6 is 0 Å². The summed E-state index contributed by atoms with van der Waals surface area (Å²) >= 11 is 0. The maximum absolute atomic E-state index is 12.6. The van der Waals surface area contributed by atoms with E-state index < -0.39 is 46.2 Å². The van der Waals surface area contributed by atoms with Gasteiger partial charge in [0.05, 0.1) is 14.2 Å². The van der Waals surface area contributed by atoms with E-state index >= 15 is 0 Å². The molecule has 0 bridgehead atoms. The zero-order chi connectivity index (χ0) is 17.9. The third kappa shape index (κ3) is 4.64. The molecule has 0 rings (SSSR count). The van der Waals surface area contributed by atoms with Crippen LogP contribution in [0.15, 0.2) is 0 Å².